The molecule has 0 spiro atoms. The standard InChI is InChI=1S/C12H15F/c1-4-11-9(2)6-5-7-12(11)10(3)8-13/h4-7,10H,1,8H2,2-3H3. The number of hydrogen-bond acceptors (Lipinski definition) is 0. The van der Waals surface area contributed by atoms with E-state index in [1.165, 1.54) is 0 Å². The molecule has 70 valence electrons. The van der Waals surface area contributed by atoms with E-state index >= 15 is 0 Å². The van der Waals surface area contributed by atoms with Crippen LogP contribution < -0.4 is 0 Å². The Hall–Kier alpha value is -1.11. The summed E-state index contributed by atoms with van der Waals surface area (Å²) in [4.78, 5) is 0. The third-order valence-electron chi connectivity index (χ3n) is 2.32. The van der Waals surface area contributed by atoms with Gasteiger partial charge in [0.15, 0.2) is 0 Å². The van der Waals surface area contributed by atoms with Crippen LogP contribution >= 0.6 is 0 Å². The van der Waals surface area contributed by atoms with Crippen molar-refractivity contribution in [2.24, 2.45) is 0 Å². The highest BCUT2D eigenvalue weighted by molar-refractivity contribution is 5.57. The highest BCUT2D eigenvalue weighted by atomic mass is 19.1. The number of alkyl halides is 1. The Balaban J connectivity index is 3.19. The predicted octanol–water partition coefficient (Wildman–Crippen LogP) is 3.71. The summed E-state index contributed by atoms with van der Waals surface area (Å²) >= 11 is 0. The molecule has 1 aromatic rings. The van der Waals surface area contributed by atoms with Crippen LogP contribution in [0.25, 0.3) is 6.08 Å². The van der Waals surface area contributed by atoms with Gasteiger partial charge in [0.2, 0.25) is 0 Å². The lowest BCUT2D eigenvalue weighted by molar-refractivity contribution is 0.447. The second-order valence-electron chi connectivity index (χ2n) is 3.34. The van der Waals surface area contributed by atoms with E-state index in [2.05, 4.69) is 6.58 Å². The van der Waals surface area contributed by atoms with Crippen LogP contribution in [-0.2, 0) is 0 Å². The largest absolute Gasteiger partial charge is 0.250 e. The van der Waals surface area contributed by atoms with E-state index < -0.39 is 0 Å². The molecule has 0 heterocycles. The molecular formula is C12H15F. The van der Waals surface area contributed by atoms with Crippen LogP contribution in [0.2, 0.25) is 0 Å². The molecule has 0 radical (unpaired) electrons. The van der Waals surface area contributed by atoms with Crippen molar-refractivity contribution in [2.75, 3.05) is 6.67 Å². The quantitative estimate of drug-likeness (QED) is 0.661. The minimum Gasteiger partial charge on any atom is -0.250 e. The fourth-order valence-corrected chi connectivity index (χ4v) is 1.50. The Morgan fingerprint density at radius 1 is 1.54 bits per heavy atom. The number of halogens is 1. The van der Waals surface area contributed by atoms with Crippen LogP contribution in [0, 0.1) is 6.92 Å². The van der Waals surface area contributed by atoms with Crippen molar-refractivity contribution in [3.8, 4) is 0 Å². The SMILES string of the molecule is C=Cc1c(C)cccc1C(C)CF. The molecule has 0 aliphatic carbocycles. The van der Waals surface area contributed by atoms with Gasteiger partial charge in [0.05, 0.1) is 6.67 Å². The number of aryl methyl sites for hydroxylation is 1. The van der Waals surface area contributed by atoms with E-state index in [4.69, 9.17) is 0 Å². The fraction of sp³-hybridized carbons (Fsp3) is 0.333. The van der Waals surface area contributed by atoms with Crippen LogP contribution in [0.1, 0.15) is 29.5 Å². The molecule has 1 unspecified atom stereocenters. The number of rotatable bonds is 3. The van der Waals surface area contributed by atoms with Gasteiger partial charge in [-0.15, -0.1) is 0 Å². The Kier molecular flexibility index (Phi) is 3.24. The topological polar surface area (TPSA) is 0 Å². The molecule has 0 bridgehead atoms. The average Bonchev–Trinajstić information content (AvgIpc) is 2.16. The van der Waals surface area contributed by atoms with Crippen LogP contribution in [0.3, 0.4) is 0 Å². The van der Waals surface area contributed by atoms with Crippen molar-refractivity contribution in [3.63, 3.8) is 0 Å². The van der Waals surface area contributed by atoms with Crippen molar-refractivity contribution in [1.82, 2.24) is 0 Å². The van der Waals surface area contributed by atoms with Gasteiger partial charge in [-0.1, -0.05) is 37.8 Å². The summed E-state index contributed by atoms with van der Waals surface area (Å²) in [5, 5.41) is 0. The minimum absolute atomic E-state index is 0.0344. The highest BCUT2D eigenvalue weighted by Crippen LogP contribution is 2.23. The second kappa shape index (κ2) is 4.22. The molecular weight excluding hydrogens is 163 g/mol. The third-order valence-corrected chi connectivity index (χ3v) is 2.32. The first kappa shape index (κ1) is 9.97. The maximum absolute atomic E-state index is 12.5. The molecule has 0 N–H and O–H groups in total. The second-order valence-corrected chi connectivity index (χ2v) is 3.34. The zero-order valence-electron chi connectivity index (χ0n) is 8.18. The lowest BCUT2D eigenvalue weighted by atomic mass is 9.93. The molecule has 0 aromatic heterocycles. The van der Waals surface area contributed by atoms with Crippen molar-refractivity contribution >= 4 is 6.08 Å². The Morgan fingerprint density at radius 2 is 2.23 bits per heavy atom. The maximum Gasteiger partial charge on any atom is 0.0960 e. The van der Waals surface area contributed by atoms with Crippen molar-refractivity contribution in [2.45, 2.75) is 19.8 Å². The van der Waals surface area contributed by atoms with E-state index in [9.17, 15) is 4.39 Å². The summed E-state index contributed by atoms with van der Waals surface area (Å²) in [6.45, 7) is 7.34. The highest BCUT2D eigenvalue weighted by Gasteiger charge is 2.09. The first-order valence-corrected chi connectivity index (χ1v) is 4.48. The summed E-state index contributed by atoms with van der Waals surface area (Å²) in [6, 6.07) is 5.95. The molecule has 0 saturated carbocycles. The lowest BCUT2D eigenvalue weighted by Crippen LogP contribution is -1.99. The summed E-state index contributed by atoms with van der Waals surface area (Å²) in [7, 11) is 0. The van der Waals surface area contributed by atoms with Crippen LogP contribution in [0.4, 0.5) is 4.39 Å². The minimum atomic E-state index is -0.315. The lowest BCUT2D eigenvalue weighted by Gasteiger charge is -2.12. The Bertz CT molecular complexity index is 302. The van der Waals surface area contributed by atoms with E-state index in [1.807, 2.05) is 32.0 Å². The average molecular weight is 178 g/mol. The normalized spacial score (nSPS) is 12.5. The fourth-order valence-electron chi connectivity index (χ4n) is 1.50. The monoisotopic (exact) mass is 178 g/mol. The van der Waals surface area contributed by atoms with E-state index in [-0.39, 0.29) is 12.6 Å². The third kappa shape index (κ3) is 1.97. The summed E-state index contributed by atoms with van der Waals surface area (Å²) in [5.74, 6) is -0.0344. The van der Waals surface area contributed by atoms with E-state index in [1.54, 1.807) is 6.08 Å². The summed E-state index contributed by atoms with van der Waals surface area (Å²) in [5.41, 5.74) is 3.29. The number of hydrogen-bond donors (Lipinski definition) is 0. The predicted molar refractivity (Wildman–Crippen MR) is 55.7 cm³/mol. The van der Waals surface area contributed by atoms with Crippen molar-refractivity contribution in [3.05, 3.63) is 41.5 Å². The van der Waals surface area contributed by atoms with Crippen LogP contribution in [0.15, 0.2) is 24.8 Å². The van der Waals surface area contributed by atoms with Gasteiger partial charge in [0.1, 0.15) is 0 Å². The maximum atomic E-state index is 12.5. The molecule has 0 fully saturated rings. The van der Waals surface area contributed by atoms with Crippen LogP contribution in [-0.4, -0.2) is 6.67 Å². The van der Waals surface area contributed by atoms with Crippen molar-refractivity contribution in [1.29, 1.82) is 0 Å². The molecule has 0 aliphatic rings. The van der Waals surface area contributed by atoms with Gasteiger partial charge in [-0.25, -0.2) is 0 Å². The smallest absolute Gasteiger partial charge is 0.0960 e. The first-order chi connectivity index (χ1) is 6.20. The molecule has 0 amide bonds. The Morgan fingerprint density at radius 3 is 2.77 bits per heavy atom. The zero-order chi connectivity index (χ0) is 9.84. The van der Waals surface area contributed by atoms with Gasteiger partial charge in [-0.2, -0.15) is 0 Å². The van der Waals surface area contributed by atoms with E-state index in [0.717, 1.165) is 16.7 Å². The molecule has 0 nitrogen and oxygen atoms in total. The zero-order valence-corrected chi connectivity index (χ0v) is 8.18. The molecule has 13 heavy (non-hydrogen) atoms. The van der Waals surface area contributed by atoms with Crippen LogP contribution in [0.5, 0.6) is 0 Å². The van der Waals surface area contributed by atoms with Gasteiger partial charge in [0.25, 0.3) is 0 Å². The van der Waals surface area contributed by atoms with E-state index in [0.29, 0.717) is 0 Å². The number of benzene rings is 1. The Labute approximate surface area is 79.1 Å². The van der Waals surface area contributed by atoms with Gasteiger partial charge in [-0.3, -0.25) is 4.39 Å². The van der Waals surface area contributed by atoms with Gasteiger partial charge in [-0.05, 0) is 23.6 Å². The molecule has 1 heteroatoms. The van der Waals surface area contributed by atoms with Crippen molar-refractivity contribution < 1.29 is 4.39 Å². The molecule has 1 aromatic carbocycles. The van der Waals surface area contributed by atoms with Gasteiger partial charge in [0, 0.05) is 5.92 Å². The van der Waals surface area contributed by atoms with Gasteiger partial charge >= 0.3 is 0 Å². The molecule has 1 rings (SSSR count). The summed E-state index contributed by atoms with van der Waals surface area (Å²) in [6.07, 6.45) is 1.80. The summed E-state index contributed by atoms with van der Waals surface area (Å²) < 4.78 is 12.5. The first-order valence-electron chi connectivity index (χ1n) is 4.48. The molecule has 0 saturated heterocycles. The van der Waals surface area contributed by atoms with Gasteiger partial charge < -0.3 is 0 Å². The molecule has 0 aliphatic heterocycles. The molecule has 1 atom stereocenters.